The minimum absolute atomic E-state index is 0.00739. The number of pyridine rings is 1. The summed E-state index contributed by atoms with van der Waals surface area (Å²) in [6, 6.07) is 14.6. The van der Waals surface area contributed by atoms with Crippen LogP contribution in [0.4, 0.5) is 13.2 Å². The Morgan fingerprint density at radius 3 is 2.64 bits per heavy atom. The third kappa shape index (κ3) is 4.28. The van der Waals surface area contributed by atoms with Crippen LogP contribution in [0.5, 0.6) is 0 Å². The van der Waals surface area contributed by atoms with Crippen LogP contribution in [-0.2, 0) is 16.1 Å². The maximum absolute atomic E-state index is 13.7. The number of hydrogen-bond acceptors (Lipinski definition) is 4. The van der Waals surface area contributed by atoms with Crippen LogP contribution in [0.1, 0.15) is 5.56 Å². The summed E-state index contributed by atoms with van der Waals surface area (Å²) in [5, 5.41) is 0. The van der Waals surface area contributed by atoms with E-state index < -0.39 is 37.0 Å². The highest BCUT2D eigenvalue weighted by Gasteiger charge is 2.47. The Labute approximate surface area is 220 Å². The van der Waals surface area contributed by atoms with E-state index in [2.05, 4.69) is 4.98 Å². The number of fused-ring (bicyclic) bond motifs is 2. The van der Waals surface area contributed by atoms with Gasteiger partial charge in [-0.15, -0.1) is 0 Å². The number of morpholine rings is 1. The molecule has 1 fully saturated rings. The van der Waals surface area contributed by atoms with Crippen LogP contribution in [0.15, 0.2) is 78.1 Å². The van der Waals surface area contributed by atoms with E-state index in [9.17, 15) is 22.8 Å². The number of carbonyl (C=O) groups excluding carboxylic acids is 1. The van der Waals surface area contributed by atoms with E-state index in [-0.39, 0.29) is 13.2 Å². The van der Waals surface area contributed by atoms with Gasteiger partial charge in [-0.1, -0.05) is 30.3 Å². The van der Waals surface area contributed by atoms with Gasteiger partial charge in [0.05, 0.1) is 48.0 Å². The summed E-state index contributed by atoms with van der Waals surface area (Å²) >= 11 is 0. The predicted molar refractivity (Wildman–Crippen MR) is 139 cm³/mol. The molecule has 0 N–H and O–H groups in total. The number of nitrogens with zero attached hydrogens (tertiary/aromatic N) is 5. The normalized spacial score (nSPS) is 16.3. The fraction of sp³-hybridized carbons (Fsp3) is 0.250. The van der Waals surface area contributed by atoms with Gasteiger partial charge in [-0.25, -0.2) is 9.78 Å². The van der Waals surface area contributed by atoms with E-state index >= 15 is 0 Å². The van der Waals surface area contributed by atoms with E-state index in [1.807, 2.05) is 60.0 Å². The van der Waals surface area contributed by atoms with E-state index in [1.54, 1.807) is 24.7 Å². The quantitative estimate of drug-likeness (QED) is 0.346. The van der Waals surface area contributed by atoms with Crippen LogP contribution < -0.4 is 5.69 Å². The van der Waals surface area contributed by atoms with Gasteiger partial charge in [0.15, 0.2) is 6.04 Å². The lowest BCUT2D eigenvalue weighted by Gasteiger charge is -2.36. The number of aromatic nitrogens is 4. The summed E-state index contributed by atoms with van der Waals surface area (Å²) in [6.45, 7) is 0.527. The molecule has 0 saturated carbocycles. The Morgan fingerprint density at radius 1 is 1.08 bits per heavy atom. The van der Waals surface area contributed by atoms with Gasteiger partial charge in [0.1, 0.15) is 6.54 Å². The largest absolute Gasteiger partial charge is 0.411 e. The van der Waals surface area contributed by atoms with Gasteiger partial charge in [-0.3, -0.25) is 13.9 Å². The van der Waals surface area contributed by atoms with Crippen molar-refractivity contribution in [1.82, 2.24) is 23.4 Å². The zero-order valence-corrected chi connectivity index (χ0v) is 20.9. The third-order valence-corrected chi connectivity index (χ3v) is 7.16. The van der Waals surface area contributed by atoms with Crippen LogP contribution in [0.2, 0.25) is 0 Å². The molecule has 6 rings (SSSR count). The van der Waals surface area contributed by atoms with Gasteiger partial charge >= 0.3 is 11.9 Å². The van der Waals surface area contributed by atoms with Gasteiger partial charge in [0.2, 0.25) is 5.91 Å². The molecule has 1 saturated heterocycles. The number of aryl methyl sites for hydroxylation is 1. The first-order valence-corrected chi connectivity index (χ1v) is 12.4. The van der Waals surface area contributed by atoms with Crippen molar-refractivity contribution in [2.45, 2.75) is 25.7 Å². The van der Waals surface area contributed by atoms with Crippen LogP contribution in [0, 0.1) is 6.92 Å². The number of imidazole rings is 2. The average Bonchev–Trinajstić information content (AvgIpc) is 3.52. The van der Waals surface area contributed by atoms with Crippen LogP contribution in [0.3, 0.4) is 0 Å². The fourth-order valence-electron chi connectivity index (χ4n) is 5.25. The number of carbonyl (C=O) groups is 1. The minimum Gasteiger partial charge on any atom is -0.377 e. The van der Waals surface area contributed by atoms with Crippen LogP contribution >= 0.6 is 0 Å². The predicted octanol–water partition coefficient (Wildman–Crippen LogP) is 4.21. The zero-order chi connectivity index (χ0) is 27.3. The molecule has 3 aromatic heterocycles. The van der Waals surface area contributed by atoms with E-state index in [4.69, 9.17) is 4.74 Å². The topological polar surface area (TPSA) is 73.8 Å². The molecule has 5 aromatic rings. The lowest BCUT2D eigenvalue weighted by atomic mass is 10.1. The summed E-state index contributed by atoms with van der Waals surface area (Å²) in [7, 11) is 0. The first-order chi connectivity index (χ1) is 18.7. The molecule has 0 radical (unpaired) electrons. The van der Waals surface area contributed by atoms with Gasteiger partial charge in [0.25, 0.3) is 0 Å². The molecule has 1 aliphatic heterocycles. The molecule has 11 heteroatoms. The Kier molecular flexibility index (Phi) is 6.02. The molecular formula is C28H24F3N5O3. The zero-order valence-electron chi connectivity index (χ0n) is 20.9. The maximum atomic E-state index is 13.7. The van der Waals surface area contributed by atoms with Gasteiger partial charge < -0.3 is 14.0 Å². The lowest BCUT2D eigenvalue weighted by Crippen LogP contribution is -2.56. The van der Waals surface area contributed by atoms with E-state index in [0.717, 1.165) is 27.1 Å². The van der Waals surface area contributed by atoms with Crippen LogP contribution in [-0.4, -0.2) is 61.3 Å². The van der Waals surface area contributed by atoms with Gasteiger partial charge in [-0.05, 0) is 42.3 Å². The number of para-hydroxylation sites is 1. The second-order valence-corrected chi connectivity index (χ2v) is 9.52. The van der Waals surface area contributed by atoms with E-state index in [1.165, 1.54) is 9.13 Å². The number of benzene rings is 2. The van der Waals surface area contributed by atoms with Crippen molar-refractivity contribution in [3.8, 4) is 16.8 Å². The molecular weight excluding hydrogens is 511 g/mol. The van der Waals surface area contributed by atoms with Crippen molar-refractivity contribution in [2.75, 3.05) is 19.8 Å². The van der Waals surface area contributed by atoms with Crippen molar-refractivity contribution < 1.29 is 22.7 Å². The molecule has 0 aliphatic carbocycles. The number of rotatable bonds is 4. The Bertz CT molecular complexity index is 1750. The number of alkyl halides is 3. The molecule has 0 bridgehead atoms. The molecule has 4 heterocycles. The van der Waals surface area contributed by atoms with Crippen molar-refractivity contribution in [1.29, 1.82) is 0 Å². The third-order valence-electron chi connectivity index (χ3n) is 7.16. The van der Waals surface area contributed by atoms with Gasteiger partial charge in [0, 0.05) is 18.3 Å². The standard InChI is InChI=1S/C28H24F3N5O3/c1-18-4-2-6-22-26(18)36(20-9-7-19(8-10-20)21-5-3-11-33-17-32-14-23(21)33)27(38)35(22)15-25(37)34-12-13-39-16-24(34)28(29,30)31/h2-11,14,17,24H,12-13,15-16H2,1H3. The maximum Gasteiger partial charge on any atom is 0.411 e. The van der Waals surface area contributed by atoms with Crippen molar-refractivity contribution in [3.63, 3.8) is 0 Å². The highest BCUT2D eigenvalue weighted by atomic mass is 19.4. The second kappa shape index (κ2) is 9.42. The highest BCUT2D eigenvalue weighted by Crippen LogP contribution is 2.29. The Hall–Kier alpha value is -4.38. The van der Waals surface area contributed by atoms with Crippen LogP contribution in [0.25, 0.3) is 33.4 Å². The highest BCUT2D eigenvalue weighted by molar-refractivity contribution is 5.85. The average molecular weight is 536 g/mol. The van der Waals surface area contributed by atoms with Crippen molar-refractivity contribution >= 4 is 22.5 Å². The van der Waals surface area contributed by atoms with Crippen molar-refractivity contribution in [3.05, 3.63) is 89.4 Å². The van der Waals surface area contributed by atoms with Gasteiger partial charge in [-0.2, -0.15) is 13.2 Å². The fourth-order valence-corrected chi connectivity index (χ4v) is 5.25. The summed E-state index contributed by atoms with van der Waals surface area (Å²) < 4.78 is 50.4. The number of halogens is 3. The Morgan fingerprint density at radius 2 is 1.87 bits per heavy atom. The lowest BCUT2D eigenvalue weighted by molar-refractivity contribution is -0.213. The molecule has 1 aliphatic rings. The summed E-state index contributed by atoms with van der Waals surface area (Å²) in [6.07, 6.45) is 0.778. The summed E-state index contributed by atoms with van der Waals surface area (Å²) in [4.78, 5) is 31.8. The second-order valence-electron chi connectivity index (χ2n) is 9.52. The molecule has 39 heavy (non-hydrogen) atoms. The molecule has 1 unspecified atom stereocenters. The first kappa shape index (κ1) is 24.9. The number of amides is 1. The monoisotopic (exact) mass is 535 g/mol. The summed E-state index contributed by atoms with van der Waals surface area (Å²) in [5.41, 5.74) is 4.77. The Balaban J connectivity index is 1.40. The molecule has 0 spiro atoms. The molecule has 200 valence electrons. The molecule has 8 nitrogen and oxygen atoms in total. The first-order valence-electron chi connectivity index (χ1n) is 12.4. The summed E-state index contributed by atoms with van der Waals surface area (Å²) in [5.74, 6) is -0.785. The molecule has 1 atom stereocenters. The number of hydrogen-bond donors (Lipinski definition) is 0. The smallest absolute Gasteiger partial charge is 0.377 e. The molecule has 1 amide bonds. The minimum atomic E-state index is -4.63. The molecule has 2 aromatic carbocycles. The SMILES string of the molecule is Cc1cccc2c1n(-c1ccc(-c3cccn4cncc34)cc1)c(=O)n2CC(=O)N1CCOCC1C(F)(F)F. The van der Waals surface area contributed by atoms with E-state index in [0.29, 0.717) is 16.7 Å². The van der Waals surface area contributed by atoms with Crippen molar-refractivity contribution in [2.24, 2.45) is 0 Å². The number of ether oxygens (including phenoxy) is 1.